The second-order valence-electron chi connectivity index (χ2n) is 6.15. The Morgan fingerprint density at radius 1 is 1.04 bits per heavy atom. The fourth-order valence-electron chi connectivity index (χ4n) is 3.04. The molecule has 1 saturated heterocycles. The Labute approximate surface area is 150 Å². The molecule has 1 fully saturated rings. The molecule has 0 unspecified atom stereocenters. The molecule has 0 amide bonds. The third-order valence-electron chi connectivity index (χ3n) is 4.46. The fourth-order valence-corrected chi connectivity index (χ4v) is 3.84. The predicted octanol–water partition coefficient (Wildman–Crippen LogP) is 1.95. The van der Waals surface area contributed by atoms with E-state index in [-0.39, 0.29) is 0 Å². The lowest BCUT2D eigenvalue weighted by Gasteiger charge is -2.33. The van der Waals surface area contributed by atoms with Gasteiger partial charge in [-0.05, 0) is 12.1 Å². The Balaban J connectivity index is 1.41. The number of piperazine rings is 1. The molecule has 0 aliphatic carbocycles. The topological polar surface area (TPSA) is 84.1 Å². The zero-order valence-electron chi connectivity index (χ0n) is 14.2. The summed E-state index contributed by atoms with van der Waals surface area (Å²) in [4.78, 5) is 18.4. The lowest BCUT2D eigenvalue weighted by molar-refractivity contribution is 0.244. The summed E-state index contributed by atoms with van der Waals surface area (Å²) < 4.78 is 4.38. The van der Waals surface area contributed by atoms with E-state index in [0.717, 1.165) is 66.8 Å². The molecule has 1 aromatic carbocycles. The minimum Gasteiger partial charge on any atom is -0.383 e. The van der Waals surface area contributed by atoms with Crippen molar-refractivity contribution in [1.29, 1.82) is 0 Å². The standard InChI is InChI=1S/C17H21N7S/c1-2-14-21-17(25-22-14)24-9-7-23(8-10-24)11-15-19-13-6-4-3-5-12(13)16(18)20-15/h3-6H,2,7-11H2,1H3,(H2,18,19,20). The summed E-state index contributed by atoms with van der Waals surface area (Å²) in [7, 11) is 0. The zero-order chi connectivity index (χ0) is 17.2. The third kappa shape index (κ3) is 3.40. The van der Waals surface area contributed by atoms with Crippen molar-refractivity contribution in [3.05, 3.63) is 35.9 Å². The molecule has 0 spiro atoms. The summed E-state index contributed by atoms with van der Waals surface area (Å²) in [5, 5.41) is 1.95. The van der Waals surface area contributed by atoms with Gasteiger partial charge in [-0.3, -0.25) is 4.90 Å². The Hall–Kier alpha value is -2.32. The van der Waals surface area contributed by atoms with Crippen LogP contribution in [0.3, 0.4) is 0 Å². The number of nitrogens with two attached hydrogens (primary N) is 1. The number of anilines is 2. The van der Waals surface area contributed by atoms with Gasteiger partial charge in [-0.25, -0.2) is 15.0 Å². The summed E-state index contributed by atoms with van der Waals surface area (Å²) in [6.07, 6.45) is 0.886. The number of hydrogen-bond acceptors (Lipinski definition) is 8. The number of nitrogens with zero attached hydrogens (tertiary/aromatic N) is 6. The van der Waals surface area contributed by atoms with Gasteiger partial charge in [0, 0.05) is 49.5 Å². The molecule has 25 heavy (non-hydrogen) atoms. The number of hydrogen-bond donors (Lipinski definition) is 1. The number of aromatic nitrogens is 4. The SMILES string of the molecule is CCc1nsc(N2CCN(Cc3nc(N)c4ccccc4n3)CC2)n1. The Bertz CT molecular complexity index is 870. The summed E-state index contributed by atoms with van der Waals surface area (Å²) in [5.41, 5.74) is 6.99. The second-order valence-corrected chi connectivity index (χ2v) is 6.88. The van der Waals surface area contributed by atoms with Crippen LogP contribution in [-0.4, -0.2) is 50.4 Å². The predicted molar refractivity (Wildman–Crippen MR) is 101 cm³/mol. The van der Waals surface area contributed by atoms with E-state index in [1.165, 1.54) is 11.5 Å². The summed E-state index contributed by atoms with van der Waals surface area (Å²) >= 11 is 1.49. The van der Waals surface area contributed by atoms with Crippen molar-refractivity contribution < 1.29 is 0 Å². The zero-order valence-corrected chi connectivity index (χ0v) is 15.0. The molecule has 3 heterocycles. The molecule has 4 rings (SSSR count). The molecule has 1 aliphatic heterocycles. The highest BCUT2D eigenvalue weighted by Crippen LogP contribution is 2.21. The van der Waals surface area contributed by atoms with Crippen LogP contribution in [0.25, 0.3) is 10.9 Å². The van der Waals surface area contributed by atoms with E-state index in [2.05, 4.69) is 36.0 Å². The van der Waals surface area contributed by atoms with Crippen LogP contribution in [0.2, 0.25) is 0 Å². The van der Waals surface area contributed by atoms with Gasteiger partial charge in [-0.2, -0.15) is 4.37 Å². The number of benzene rings is 1. The molecule has 7 nitrogen and oxygen atoms in total. The van der Waals surface area contributed by atoms with E-state index < -0.39 is 0 Å². The van der Waals surface area contributed by atoms with Crippen molar-refractivity contribution in [1.82, 2.24) is 24.2 Å². The van der Waals surface area contributed by atoms with E-state index in [9.17, 15) is 0 Å². The molecule has 130 valence electrons. The van der Waals surface area contributed by atoms with Crippen molar-refractivity contribution >= 4 is 33.4 Å². The molecule has 0 bridgehead atoms. The highest BCUT2D eigenvalue weighted by Gasteiger charge is 2.21. The van der Waals surface area contributed by atoms with Gasteiger partial charge in [-0.15, -0.1) is 0 Å². The molecule has 0 radical (unpaired) electrons. The van der Waals surface area contributed by atoms with Gasteiger partial charge in [0.1, 0.15) is 17.5 Å². The van der Waals surface area contributed by atoms with Gasteiger partial charge < -0.3 is 10.6 Å². The van der Waals surface area contributed by atoms with Crippen molar-refractivity contribution in [3.63, 3.8) is 0 Å². The van der Waals surface area contributed by atoms with E-state index in [1.807, 2.05) is 24.3 Å². The maximum Gasteiger partial charge on any atom is 0.205 e. The van der Waals surface area contributed by atoms with Crippen molar-refractivity contribution in [2.45, 2.75) is 19.9 Å². The number of rotatable bonds is 4. The summed E-state index contributed by atoms with van der Waals surface area (Å²) in [6.45, 7) is 6.61. The average Bonchev–Trinajstić information content (AvgIpc) is 3.12. The van der Waals surface area contributed by atoms with Crippen LogP contribution in [-0.2, 0) is 13.0 Å². The van der Waals surface area contributed by atoms with Crippen molar-refractivity contribution in [2.24, 2.45) is 0 Å². The minimum absolute atomic E-state index is 0.556. The second kappa shape index (κ2) is 6.89. The first-order valence-corrected chi connectivity index (χ1v) is 9.31. The van der Waals surface area contributed by atoms with Gasteiger partial charge >= 0.3 is 0 Å². The quantitative estimate of drug-likeness (QED) is 0.765. The average molecular weight is 355 g/mol. The van der Waals surface area contributed by atoms with Crippen molar-refractivity contribution in [3.8, 4) is 0 Å². The maximum atomic E-state index is 6.08. The number of aryl methyl sites for hydroxylation is 1. The number of fused-ring (bicyclic) bond motifs is 1. The van der Waals surface area contributed by atoms with Gasteiger partial charge in [0.2, 0.25) is 5.13 Å². The minimum atomic E-state index is 0.556. The smallest absolute Gasteiger partial charge is 0.205 e. The molecule has 0 saturated carbocycles. The van der Waals surface area contributed by atoms with Gasteiger partial charge in [0.25, 0.3) is 0 Å². The Morgan fingerprint density at radius 3 is 2.60 bits per heavy atom. The molecular weight excluding hydrogens is 334 g/mol. The van der Waals surface area contributed by atoms with Crippen LogP contribution in [0.1, 0.15) is 18.6 Å². The summed E-state index contributed by atoms with van der Waals surface area (Å²) in [6, 6.07) is 7.87. The molecule has 8 heteroatoms. The van der Waals surface area contributed by atoms with Crippen LogP contribution in [0.4, 0.5) is 10.9 Å². The third-order valence-corrected chi connectivity index (χ3v) is 5.28. The van der Waals surface area contributed by atoms with E-state index in [0.29, 0.717) is 5.82 Å². The molecule has 2 N–H and O–H groups in total. The first-order valence-electron chi connectivity index (χ1n) is 8.54. The van der Waals surface area contributed by atoms with Gasteiger partial charge in [0.05, 0.1) is 12.1 Å². The van der Waals surface area contributed by atoms with E-state index in [1.54, 1.807) is 0 Å². The first kappa shape index (κ1) is 16.2. The van der Waals surface area contributed by atoms with E-state index in [4.69, 9.17) is 5.73 Å². The van der Waals surface area contributed by atoms with Crippen LogP contribution >= 0.6 is 11.5 Å². The van der Waals surface area contributed by atoms with Crippen molar-refractivity contribution in [2.75, 3.05) is 36.8 Å². The number of para-hydroxylation sites is 1. The van der Waals surface area contributed by atoms with E-state index >= 15 is 0 Å². The number of nitrogen functional groups attached to an aromatic ring is 1. The molecule has 2 aromatic heterocycles. The largest absolute Gasteiger partial charge is 0.383 e. The van der Waals surface area contributed by atoms with Gasteiger partial charge in [-0.1, -0.05) is 19.1 Å². The first-order chi connectivity index (χ1) is 12.2. The molecule has 0 atom stereocenters. The molecular formula is C17H21N7S. The van der Waals surface area contributed by atoms with Gasteiger partial charge in [0.15, 0.2) is 0 Å². The van der Waals surface area contributed by atoms with Crippen LogP contribution in [0.15, 0.2) is 24.3 Å². The molecule has 1 aliphatic rings. The monoisotopic (exact) mass is 355 g/mol. The van der Waals surface area contributed by atoms with Crippen LogP contribution in [0, 0.1) is 0 Å². The van der Waals surface area contributed by atoms with Crippen LogP contribution in [0.5, 0.6) is 0 Å². The Kier molecular flexibility index (Phi) is 4.46. The highest BCUT2D eigenvalue weighted by atomic mass is 32.1. The molecule has 3 aromatic rings. The summed E-state index contributed by atoms with van der Waals surface area (Å²) in [5.74, 6) is 2.27. The lowest BCUT2D eigenvalue weighted by atomic mass is 10.2. The highest BCUT2D eigenvalue weighted by molar-refractivity contribution is 7.09. The van der Waals surface area contributed by atoms with Crippen LogP contribution < -0.4 is 10.6 Å². The fraction of sp³-hybridized carbons (Fsp3) is 0.412. The normalized spacial score (nSPS) is 15.8. The Morgan fingerprint density at radius 2 is 1.84 bits per heavy atom. The maximum absolute atomic E-state index is 6.08. The lowest BCUT2D eigenvalue weighted by Crippen LogP contribution is -2.46.